The SMILES string of the molecule is Cc1ccc(C(C)NC(=O)CN(c2ccccc2)S(C)(=O)=O)cc1. The number of carbonyl (C=O) groups is 1. The Morgan fingerprint density at radius 2 is 1.67 bits per heavy atom. The maximum absolute atomic E-state index is 12.3. The van der Waals surface area contributed by atoms with Crippen molar-refractivity contribution in [2.24, 2.45) is 0 Å². The first kappa shape index (κ1) is 18.0. The van der Waals surface area contributed by atoms with Gasteiger partial charge in [-0.2, -0.15) is 0 Å². The molecule has 0 aliphatic heterocycles. The van der Waals surface area contributed by atoms with Crippen LogP contribution in [0.2, 0.25) is 0 Å². The number of nitrogens with zero attached hydrogens (tertiary/aromatic N) is 1. The van der Waals surface area contributed by atoms with Gasteiger partial charge in [-0.15, -0.1) is 0 Å². The van der Waals surface area contributed by atoms with Gasteiger partial charge >= 0.3 is 0 Å². The molecule has 24 heavy (non-hydrogen) atoms. The lowest BCUT2D eigenvalue weighted by atomic mass is 10.1. The van der Waals surface area contributed by atoms with Crippen molar-refractivity contribution in [2.45, 2.75) is 19.9 Å². The third kappa shape index (κ3) is 4.83. The van der Waals surface area contributed by atoms with Crippen molar-refractivity contribution in [3.05, 3.63) is 65.7 Å². The molecule has 0 heterocycles. The summed E-state index contributed by atoms with van der Waals surface area (Å²) in [6.07, 6.45) is 1.09. The van der Waals surface area contributed by atoms with Crippen LogP contribution in [-0.2, 0) is 14.8 Å². The molecule has 1 amide bonds. The second kappa shape index (κ2) is 7.49. The standard InChI is InChI=1S/C18H22N2O3S/c1-14-9-11-16(12-10-14)15(2)19-18(21)13-20(24(3,22)23)17-7-5-4-6-8-17/h4-12,15H,13H2,1-3H3,(H,19,21). The van der Waals surface area contributed by atoms with Gasteiger partial charge in [0.05, 0.1) is 18.0 Å². The van der Waals surface area contributed by atoms with Crippen LogP contribution in [0.25, 0.3) is 0 Å². The van der Waals surface area contributed by atoms with Crippen LogP contribution >= 0.6 is 0 Å². The van der Waals surface area contributed by atoms with E-state index in [0.717, 1.165) is 21.7 Å². The van der Waals surface area contributed by atoms with E-state index in [1.807, 2.05) is 38.1 Å². The molecular weight excluding hydrogens is 324 g/mol. The molecule has 0 radical (unpaired) electrons. The lowest BCUT2D eigenvalue weighted by molar-refractivity contribution is -0.120. The van der Waals surface area contributed by atoms with Crippen molar-refractivity contribution >= 4 is 21.6 Å². The fourth-order valence-corrected chi connectivity index (χ4v) is 3.21. The highest BCUT2D eigenvalue weighted by Crippen LogP contribution is 2.17. The highest BCUT2D eigenvalue weighted by atomic mass is 32.2. The van der Waals surface area contributed by atoms with E-state index in [1.54, 1.807) is 30.3 Å². The van der Waals surface area contributed by atoms with E-state index in [9.17, 15) is 13.2 Å². The van der Waals surface area contributed by atoms with Gasteiger partial charge in [-0.05, 0) is 31.5 Å². The lowest BCUT2D eigenvalue weighted by Crippen LogP contribution is -2.41. The molecule has 0 saturated carbocycles. The van der Waals surface area contributed by atoms with Gasteiger partial charge in [-0.1, -0.05) is 48.0 Å². The second-order valence-electron chi connectivity index (χ2n) is 5.81. The Morgan fingerprint density at radius 3 is 2.21 bits per heavy atom. The van der Waals surface area contributed by atoms with Gasteiger partial charge in [-0.3, -0.25) is 9.10 Å². The van der Waals surface area contributed by atoms with E-state index in [4.69, 9.17) is 0 Å². The monoisotopic (exact) mass is 346 g/mol. The number of amides is 1. The predicted molar refractivity (Wildman–Crippen MR) is 96.4 cm³/mol. The molecule has 1 N–H and O–H groups in total. The Morgan fingerprint density at radius 1 is 1.08 bits per heavy atom. The molecule has 0 bridgehead atoms. The number of anilines is 1. The van der Waals surface area contributed by atoms with Crippen LogP contribution in [-0.4, -0.2) is 27.1 Å². The molecule has 2 aromatic rings. The van der Waals surface area contributed by atoms with Gasteiger partial charge in [0.1, 0.15) is 6.54 Å². The van der Waals surface area contributed by atoms with Gasteiger partial charge in [0, 0.05) is 0 Å². The Labute approximate surface area is 143 Å². The molecule has 1 unspecified atom stereocenters. The first-order chi connectivity index (χ1) is 11.3. The molecule has 0 saturated heterocycles. The zero-order valence-corrected chi connectivity index (χ0v) is 14.9. The molecule has 0 fully saturated rings. The molecule has 6 heteroatoms. The van der Waals surface area contributed by atoms with E-state index in [1.165, 1.54) is 0 Å². The molecule has 0 spiro atoms. The number of aryl methyl sites for hydroxylation is 1. The maximum Gasteiger partial charge on any atom is 0.241 e. The summed E-state index contributed by atoms with van der Waals surface area (Å²) in [5.74, 6) is -0.350. The molecule has 2 rings (SSSR count). The third-order valence-electron chi connectivity index (χ3n) is 3.69. The van der Waals surface area contributed by atoms with E-state index in [0.29, 0.717) is 5.69 Å². The summed E-state index contributed by atoms with van der Waals surface area (Å²) in [5.41, 5.74) is 2.59. The minimum atomic E-state index is -3.55. The van der Waals surface area contributed by atoms with Gasteiger partial charge in [0.25, 0.3) is 0 Å². The summed E-state index contributed by atoms with van der Waals surface area (Å²) in [7, 11) is -3.55. The van der Waals surface area contributed by atoms with Crippen LogP contribution in [0.5, 0.6) is 0 Å². The van der Waals surface area contributed by atoms with Gasteiger partial charge < -0.3 is 5.32 Å². The molecule has 1 atom stereocenters. The average molecular weight is 346 g/mol. The largest absolute Gasteiger partial charge is 0.348 e. The summed E-state index contributed by atoms with van der Waals surface area (Å²) in [6.45, 7) is 3.62. The Bertz CT molecular complexity index is 787. The number of carbonyl (C=O) groups excluding carboxylic acids is 1. The number of hydrogen-bond donors (Lipinski definition) is 1. The van der Waals surface area contributed by atoms with Crippen molar-refractivity contribution in [1.29, 1.82) is 0 Å². The minimum absolute atomic E-state index is 0.199. The van der Waals surface area contributed by atoms with Crippen LogP contribution in [0.4, 0.5) is 5.69 Å². The van der Waals surface area contributed by atoms with Crippen molar-refractivity contribution in [2.75, 3.05) is 17.1 Å². The van der Waals surface area contributed by atoms with Crippen LogP contribution in [0, 0.1) is 6.92 Å². The summed E-state index contributed by atoms with van der Waals surface area (Å²) in [5, 5.41) is 2.84. The normalized spacial score (nSPS) is 12.5. The van der Waals surface area contributed by atoms with E-state index >= 15 is 0 Å². The third-order valence-corrected chi connectivity index (χ3v) is 4.83. The highest BCUT2D eigenvalue weighted by molar-refractivity contribution is 7.92. The molecule has 0 aliphatic carbocycles. The van der Waals surface area contributed by atoms with Gasteiger partial charge in [0.15, 0.2) is 0 Å². The Balaban J connectivity index is 2.09. The van der Waals surface area contributed by atoms with Crippen LogP contribution < -0.4 is 9.62 Å². The molecule has 0 aromatic heterocycles. The molecular formula is C18H22N2O3S. The van der Waals surface area contributed by atoms with E-state index in [-0.39, 0.29) is 18.5 Å². The quantitative estimate of drug-likeness (QED) is 0.874. The lowest BCUT2D eigenvalue weighted by Gasteiger charge is -2.23. The zero-order valence-electron chi connectivity index (χ0n) is 14.1. The second-order valence-corrected chi connectivity index (χ2v) is 7.71. The average Bonchev–Trinajstić information content (AvgIpc) is 2.53. The number of rotatable bonds is 6. The van der Waals surface area contributed by atoms with Crippen molar-refractivity contribution < 1.29 is 13.2 Å². The molecule has 0 aliphatic rings. The smallest absolute Gasteiger partial charge is 0.241 e. The molecule has 128 valence electrons. The van der Waals surface area contributed by atoms with Crippen molar-refractivity contribution in [3.63, 3.8) is 0 Å². The number of sulfonamides is 1. The van der Waals surface area contributed by atoms with Gasteiger partial charge in [0.2, 0.25) is 15.9 Å². The van der Waals surface area contributed by atoms with Crippen LogP contribution in [0.1, 0.15) is 24.1 Å². The number of para-hydroxylation sites is 1. The highest BCUT2D eigenvalue weighted by Gasteiger charge is 2.21. The molecule has 5 nitrogen and oxygen atoms in total. The first-order valence-corrected chi connectivity index (χ1v) is 9.51. The molecule has 2 aromatic carbocycles. The zero-order chi connectivity index (χ0) is 17.7. The Hall–Kier alpha value is -2.34. The number of nitrogens with one attached hydrogen (secondary N) is 1. The fourth-order valence-electron chi connectivity index (χ4n) is 2.35. The summed E-state index contributed by atoms with van der Waals surface area (Å²) < 4.78 is 25.1. The predicted octanol–water partition coefficient (Wildman–Crippen LogP) is 2.64. The fraction of sp³-hybridized carbons (Fsp3) is 0.278. The minimum Gasteiger partial charge on any atom is -0.348 e. The van der Waals surface area contributed by atoms with E-state index in [2.05, 4.69) is 5.32 Å². The van der Waals surface area contributed by atoms with Gasteiger partial charge in [-0.25, -0.2) is 8.42 Å². The number of benzene rings is 2. The Kier molecular flexibility index (Phi) is 5.62. The van der Waals surface area contributed by atoms with Crippen molar-refractivity contribution in [1.82, 2.24) is 5.32 Å². The topological polar surface area (TPSA) is 66.5 Å². The van der Waals surface area contributed by atoms with Crippen LogP contribution in [0.15, 0.2) is 54.6 Å². The van der Waals surface area contributed by atoms with Crippen molar-refractivity contribution in [3.8, 4) is 0 Å². The maximum atomic E-state index is 12.3. The summed E-state index contributed by atoms with van der Waals surface area (Å²) in [6, 6.07) is 16.3. The first-order valence-electron chi connectivity index (χ1n) is 7.66. The summed E-state index contributed by atoms with van der Waals surface area (Å²) >= 11 is 0. The van der Waals surface area contributed by atoms with Crippen LogP contribution in [0.3, 0.4) is 0 Å². The number of hydrogen-bond acceptors (Lipinski definition) is 3. The summed E-state index contributed by atoms with van der Waals surface area (Å²) in [4.78, 5) is 12.3. The van der Waals surface area contributed by atoms with E-state index < -0.39 is 10.0 Å².